The summed E-state index contributed by atoms with van der Waals surface area (Å²) in [6.45, 7) is -0.277. The molecule has 2 aromatic rings. The van der Waals surface area contributed by atoms with E-state index in [4.69, 9.17) is 0 Å². The Hall–Kier alpha value is -2.28. The number of rotatable bonds is 5. The zero-order valence-electron chi connectivity index (χ0n) is 12.5. The standard InChI is InChI=1S/C16H15FN2O3S/c1-22-13(20)8-19(12-4-2-3-11(17)7-12)16(21)15-14(10-5-6-10)18-9-23-15/h2-4,7,9-10H,5-6,8H2,1H3. The Kier molecular flexibility index (Phi) is 4.38. The van der Waals surface area contributed by atoms with Crippen LogP contribution in [0, 0.1) is 5.82 Å². The maximum Gasteiger partial charge on any atom is 0.325 e. The maximum atomic E-state index is 13.5. The summed E-state index contributed by atoms with van der Waals surface area (Å²) in [5.41, 5.74) is 2.71. The van der Waals surface area contributed by atoms with E-state index in [9.17, 15) is 14.0 Å². The number of halogens is 1. The summed E-state index contributed by atoms with van der Waals surface area (Å²) in [5.74, 6) is -1.09. The van der Waals surface area contributed by atoms with Gasteiger partial charge in [-0.1, -0.05) is 6.07 Å². The van der Waals surface area contributed by atoms with Gasteiger partial charge in [0.1, 0.15) is 17.2 Å². The van der Waals surface area contributed by atoms with Crippen molar-refractivity contribution in [2.45, 2.75) is 18.8 Å². The molecule has 7 heteroatoms. The molecular weight excluding hydrogens is 319 g/mol. The first-order valence-electron chi connectivity index (χ1n) is 7.17. The summed E-state index contributed by atoms with van der Waals surface area (Å²) in [6, 6.07) is 5.59. The summed E-state index contributed by atoms with van der Waals surface area (Å²) >= 11 is 1.24. The first-order valence-corrected chi connectivity index (χ1v) is 8.05. The minimum Gasteiger partial charge on any atom is -0.468 e. The molecule has 1 fully saturated rings. The van der Waals surface area contributed by atoms with Gasteiger partial charge >= 0.3 is 5.97 Å². The van der Waals surface area contributed by atoms with Crippen LogP contribution in [-0.4, -0.2) is 30.5 Å². The minimum atomic E-state index is -0.569. The monoisotopic (exact) mass is 334 g/mol. The quantitative estimate of drug-likeness (QED) is 0.789. The van der Waals surface area contributed by atoms with Gasteiger partial charge in [0.05, 0.1) is 18.3 Å². The van der Waals surface area contributed by atoms with Crippen LogP contribution in [0.25, 0.3) is 0 Å². The molecule has 0 bridgehead atoms. The van der Waals surface area contributed by atoms with Crippen LogP contribution in [0.15, 0.2) is 29.8 Å². The van der Waals surface area contributed by atoms with Gasteiger partial charge in [0.15, 0.2) is 0 Å². The fraction of sp³-hybridized carbons (Fsp3) is 0.312. The Bertz CT molecular complexity index is 742. The van der Waals surface area contributed by atoms with Gasteiger partial charge in [-0.3, -0.25) is 14.5 Å². The topological polar surface area (TPSA) is 59.5 Å². The number of thiazole rings is 1. The van der Waals surface area contributed by atoms with E-state index in [2.05, 4.69) is 9.72 Å². The normalized spacial score (nSPS) is 13.7. The van der Waals surface area contributed by atoms with E-state index < -0.39 is 11.8 Å². The number of aromatic nitrogens is 1. The van der Waals surface area contributed by atoms with Gasteiger partial charge in [-0.25, -0.2) is 9.37 Å². The summed E-state index contributed by atoms with van der Waals surface area (Å²) < 4.78 is 18.2. The Morgan fingerprint density at radius 3 is 2.87 bits per heavy atom. The number of methoxy groups -OCH3 is 1. The third-order valence-corrected chi connectivity index (χ3v) is 4.46. The largest absolute Gasteiger partial charge is 0.468 e. The van der Waals surface area contributed by atoms with Crippen LogP contribution < -0.4 is 4.90 Å². The molecule has 0 N–H and O–H groups in total. The fourth-order valence-electron chi connectivity index (χ4n) is 2.30. The third kappa shape index (κ3) is 3.39. The van der Waals surface area contributed by atoms with E-state index in [0.717, 1.165) is 18.5 Å². The number of benzene rings is 1. The number of amides is 1. The lowest BCUT2D eigenvalue weighted by Gasteiger charge is -2.21. The molecule has 0 unspecified atom stereocenters. The molecule has 1 aromatic carbocycles. The second kappa shape index (κ2) is 6.45. The van der Waals surface area contributed by atoms with Gasteiger partial charge in [-0.15, -0.1) is 11.3 Å². The van der Waals surface area contributed by atoms with Crippen LogP contribution in [-0.2, 0) is 9.53 Å². The Morgan fingerprint density at radius 2 is 2.22 bits per heavy atom. The highest BCUT2D eigenvalue weighted by Crippen LogP contribution is 2.42. The highest BCUT2D eigenvalue weighted by Gasteiger charge is 2.33. The molecule has 0 aliphatic heterocycles. The van der Waals surface area contributed by atoms with Crippen molar-refractivity contribution in [3.63, 3.8) is 0 Å². The molecule has 1 heterocycles. The number of nitrogens with zero attached hydrogens (tertiary/aromatic N) is 2. The first kappa shape index (κ1) is 15.6. The zero-order chi connectivity index (χ0) is 16.4. The Labute approximate surface area is 136 Å². The average molecular weight is 334 g/mol. The lowest BCUT2D eigenvalue weighted by Crippen LogP contribution is -2.36. The zero-order valence-corrected chi connectivity index (χ0v) is 13.3. The van der Waals surface area contributed by atoms with Crippen LogP contribution >= 0.6 is 11.3 Å². The van der Waals surface area contributed by atoms with Crippen LogP contribution in [0.2, 0.25) is 0 Å². The number of anilines is 1. The van der Waals surface area contributed by atoms with Crippen molar-refractivity contribution in [1.82, 2.24) is 4.98 Å². The summed E-state index contributed by atoms with van der Waals surface area (Å²) in [7, 11) is 1.25. The van der Waals surface area contributed by atoms with Crippen molar-refractivity contribution in [3.8, 4) is 0 Å². The lowest BCUT2D eigenvalue weighted by molar-refractivity contribution is -0.138. The molecule has 23 heavy (non-hydrogen) atoms. The van der Waals surface area contributed by atoms with Gasteiger partial charge in [0.2, 0.25) is 0 Å². The number of carbonyl (C=O) groups is 2. The average Bonchev–Trinajstić information content (AvgIpc) is 3.28. The van der Waals surface area contributed by atoms with Crippen molar-refractivity contribution < 1.29 is 18.7 Å². The first-order chi connectivity index (χ1) is 11.1. The molecule has 1 saturated carbocycles. The number of carbonyl (C=O) groups excluding carboxylic acids is 2. The van der Waals surface area contributed by atoms with Gasteiger partial charge in [-0.05, 0) is 31.0 Å². The SMILES string of the molecule is COC(=O)CN(C(=O)c1scnc1C1CC1)c1cccc(F)c1. The smallest absolute Gasteiger partial charge is 0.325 e. The molecule has 0 saturated heterocycles. The maximum absolute atomic E-state index is 13.5. The molecule has 5 nitrogen and oxygen atoms in total. The van der Waals surface area contributed by atoms with Crippen molar-refractivity contribution in [3.05, 3.63) is 46.2 Å². The molecule has 1 amide bonds. The third-order valence-electron chi connectivity index (χ3n) is 3.63. The van der Waals surface area contributed by atoms with Crippen molar-refractivity contribution >= 4 is 28.9 Å². The van der Waals surface area contributed by atoms with E-state index >= 15 is 0 Å². The van der Waals surface area contributed by atoms with E-state index in [-0.39, 0.29) is 12.5 Å². The molecule has 3 rings (SSSR count). The fourth-order valence-corrected chi connectivity index (χ4v) is 3.13. The molecule has 0 atom stereocenters. The summed E-state index contributed by atoms with van der Waals surface area (Å²) in [6.07, 6.45) is 2.03. The van der Waals surface area contributed by atoms with Crippen LogP contribution in [0.3, 0.4) is 0 Å². The van der Waals surface area contributed by atoms with E-state index in [0.29, 0.717) is 16.5 Å². The molecule has 0 radical (unpaired) electrons. The molecule has 1 aliphatic rings. The van der Waals surface area contributed by atoms with Crippen molar-refractivity contribution in [1.29, 1.82) is 0 Å². The molecular formula is C16H15FN2O3S. The summed E-state index contributed by atoms with van der Waals surface area (Å²) in [5, 5.41) is 0. The van der Waals surface area contributed by atoms with Gasteiger partial charge in [0, 0.05) is 11.6 Å². The Balaban J connectivity index is 1.95. The lowest BCUT2D eigenvalue weighted by atomic mass is 10.2. The molecule has 1 aliphatic carbocycles. The Morgan fingerprint density at radius 1 is 1.43 bits per heavy atom. The van der Waals surface area contributed by atoms with Crippen molar-refractivity contribution in [2.24, 2.45) is 0 Å². The molecule has 120 valence electrons. The highest BCUT2D eigenvalue weighted by molar-refractivity contribution is 7.12. The second-order valence-electron chi connectivity index (χ2n) is 5.29. The summed E-state index contributed by atoms with van der Waals surface area (Å²) in [4.78, 5) is 30.6. The highest BCUT2D eigenvalue weighted by atomic mass is 32.1. The second-order valence-corrected chi connectivity index (χ2v) is 6.14. The number of hydrogen-bond acceptors (Lipinski definition) is 5. The predicted octanol–water partition coefficient (Wildman–Crippen LogP) is 2.98. The molecule has 0 spiro atoms. The van der Waals surface area contributed by atoms with Gasteiger partial charge < -0.3 is 4.74 Å². The van der Waals surface area contributed by atoms with Gasteiger partial charge in [-0.2, -0.15) is 0 Å². The van der Waals surface area contributed by atoms with Gasteiger partial charge in [0.25, 0.3) is 5.91 Å². The van der Waals surface area contributed by atoms with Crippen molar-refractivity contribution in [2.75, 3.05) is 18.6 Å². The van der Waals surface area contributed by atoms with E-state index in [1.165, 1.54) is 41.5 Å². The van der Waals surface area contributed by atoms with Crippen LogP contribution in [0.5, 0.6) is 0 Å². The minimum absolute atomic E-state index is 0.277. The molecule has 1 aromatic heterocycles. The number of ether oxygens (including phenoxy) is 1. The number of hydrogen-bond donors (Lipinski definition) is 0. The van der Waals surface area contributed by atoms with Crippen LogP contribution in [0.1, 0.15) is 34.1 Å². The predicted molar refractivity (Wildman–Crippen MR) is 84.2 cm³/mol. The number of esters is 1. The van der Waals surface area contributed by atoms with Crippen LogP contribution in [0.4, 0.5) is 10.1 Å². The van der Waals surface area contributed by atoms with E-state index in [1.54, 1.807) is 11.6 Å². The van der Waals surface area contributed by atoms with E-state index in [1.807, 2.05) is 0 Å².